The normalized spacial score (nSPS) is 16.3. The van der Waals surface area contributed by atoms with Crippen LogP contribution in [0.1, 0.15) is 46.9 Å². The summed E-state index contributed by atoms with van der Waals surface area (Å²) in [4.78, 5) is 15.1. The van der Waals surface area contributed by atoms with Gasteiger partial charge in [0.2, 0.25) is 0 Å². The SMILES string of the molecule is COc1ccc(C(CNC(=O)c2cnn(C)c2C)N2CCCCC2)cc1. The number of hydrogen-bond acceptors (Lipinski definition) is 4. The number of nitrogens with zero attached hydrogens (tertiary/aromatic N) is 3. The van der Waals surface area contributed by atoms with Crippen molar-refractivity contribution in [2.75, 3.05) is 26.7 Å². The number of benzene rings is 1. The molecule has 1 fully saturated rings. The van der Waals surface area contributed by atoms with Crippen molar-refractivity contribution >= 4 is 5.91 Å². The number of likely N-dealkylation sites (tertiary alicyclic amines) is 1. The molecule has 1 atom stereocenters. The average molecular weight is 356 g/mol. The Balaban J connectivity index is 1.74. The number of ether oxygens (including phenoxy) is 1. The van der Waals surface area contributed by atoms with E-state index in [-0.39, 0.29) is 11.9 Å². The van der Waals surface area contributed by atoms with Gasteiger partial charge in [0, 0.05) is 19.3 Å². The Morgan fingerprint density at radius 2 is 1.92 bits per heavy atom. The molecule has 3 rings (SSSR count). The fraction of sp³-hybridized carbons (Fsp3) is 0.500. The van der Waals surface area contributed by atoms with Crippen molar-refractivity contribution in [3.63, 3.8) is 0 Å². The lowest BCUT2D eigenvalue weighted by molar-refractivity contribution is 0.0923. The number of carbonyl (C=O) groups excluding carboxylic acids is 1. The molecule has 1 amide bonds. The Labute approximate surface area is 155 Å². The van der Waals surface area contributed by atoms with E-state index < -0.39 is 0 Å². The van der Waals surface area contributed by atoms with E-state index in [1.807, 2.05) is 26.1 Å². The van der Waals surface area contributed by atoms with Crippen LogP contribution in [0.2, 0.25) is 0 Å². The van der Waals surface area contributed by atoms with E-state index in [4.69, 9.17) is 4.74 Å². The van der Waals surface area contributed by atoms with Gasteiger partial charge < -0.3 is 10.1 Å². The molecule has 26 heavy (non-hydrogen) atoms. The maximum atomic E-state index is 12.6. The van der Waals surface area contributed by atoms with Crippen molar-refractivity contribution in [1.82, 2.24) is 20.0 Å². The first-order valence-electron chi connectivity index (χ1n) is 9.25. The third-order valence-electron chi connectivity index (χ3n) is 5.27. The van der Waals surface area contributed by atoms with Crippen LogP contribution in [0.15, 0.2) is 30.5 Å². The predicted molar refractivity (Wildman–Crippen MR) is 101 cm³/mol. The lowest BCUT2D eigenvalue weighted by Crippen LogP contribution is -2.40. The third kappa shape index (κ3) is 4.07. The van der Waals surface area contributed by atoms with Crippen molar-refractivity contribution in [2.24, 2.45) is 7.05 Å². The Morgan fingerprint density at radius 3 is 2.50 bits per heavy atom. The average Bonchev–Trinajstić information content (AvgIpc) is 3.02. The second-order valence-corrected chi connectivity index (χ2v) is 6.86. The van der Waals surface area contributed by atoms with Crippen LogP contribution in [-0.2, 0) is 7.05 Å². The number of nitrogens with one attached hydrogen (secondary N) is 1. The zero-order valence-corrected chi connectivity index (χ0v) is 15.9. The van der Waals surface area contributed by atoms with Crippen LogP contribution in [0.5, 0.6) is 5.75 Å². The summed E-state index contributed by atoms with van der Waals surface area (Å²) < 4.78 is 7.00. The number of piperidine rings is 1. The summed E-state index contributed by atoms with van der Waals surface area (Å²) >= 11 is 0. The fourth-order valence-corrected chi connectivity index (χ4v) is 3.52. The molecule has 1 unspecified atom stereocenters. The largest absolute Gasteiger partial charge is 0.497 e. The number of methoxy groups -OCH3 is 1. The molecular formula is C20H28N4O2. The Hall–Kier alpha value is -2.34. The molecule has 2 aromatic rings. The highest BCUT2D eigenvalue weighted by atomic mass is 16.5. The van der Waals surface area contributed by atoms with Gasteiger partial charge in [0.25, 0.3) is 5.91 Å². The number of aryl methyl sites for hydroxylation is 1. The molecular weight excluding hydrogens is 328 g/mol. The van der Waals surface area contributed by atoms with Crippen molar-refractivity contribution in [3.05, 3.63) is 47.3 Å². The molecule has 1 saturated heterocycles. The second-order valence-electron chi connectivity index (χ2n) is 6.86. The molecule has 140 valence electrons. The second kappa shape index (κ2) is 8.36. The highest BCUT2D eigenvalue weighted by molar-refractivity contribution is 5.95. The standard InChI is InChI=1S/C20H28N4O2/c1-15-18(13-22-23(15)2)20(25)21-14-19(24-11-5-4-6-12-24)16-7-9-17(26-3)10-8-16/h7-10,13,19H,4-6,11-12,14H2,1-3H3,(H,21,25). The summed E-state index contributed by atoms with van der Waals surface area (Å²) in [6.07, 6.45) is 5.34. The van der Waals surface area contributed by atoms with Gasteiger partial charge in [0.05, 0.1) is 24.9 Å². The van der Waals surface area contributed by atoms with Gasteiger partial charge in [0.15, 0.2) is 0 Å². The van der Waals surface area contributed by atoms with Crippen LogP contribution in [0.25, 0.3) is 0 Å². The lowest BCUT2D eigenvalue weighted by Gasteiger charge is -2.35. The van der Waals surface area contributed by atoms with Gasteiger partial charge in [-0.25, -0.2) is 0 Å². The van der Waals surface area contributed by atoms with Gasteiger partial charge in [-0.3, -0.25) is 14.4 Å². The lowest BCUT2D eigenvalue weighted by atomic mass is 10.0. The van der Waals surface area contributed by atoms with Crippen molar-refractivity contribution in [1.29, 1.82) is 0 Å². The zero-order chi connectivity index (χ0) is 18.5. The minimum Gasteiger partial charge on any atom is -0.497 e. The topological polar surface area (TPSA) is 59.4 Å². The van der Waals surface area contributed by atoms with Gasteiger partial charge in [-0.1, -0.05) is 18.6 Å². The van der Waals surface area contributed by atoms with E-state index in [0.29, 0.717) is 12.1 Å². The maximum Gasteiger partial charge on any atom is 0.254 e. The van der Waals surface area contributed by atoms with E-state index >= 15 is 0 Å². The van der Waals surface area contributed by atoms with E-state index in [2.05, 4.69) is 27.4 Å². The first kappa shape index (κ1) is 18.5. The summed E-state index contributed by atoms with van der Waals surface area (Å²) in [6.45, 7) is 4.63. The highest BCUT2D eigenvalue weighted by Gasteiger charge is 2.23. The molecule has 0 spiro atoms. The number of amides is 1. The summed E-state index contributed by atoms with van der Waals surface area (Å²) in [6, 6.07) is 8.33. The number of rotatable bonds is 6. The van der Waals surface area contributed by atoms with E-state index in [9.17, 15) is 4.79 Å². The molecule has 1 aliphatic rings. The zero-order valence-electron chi connectivity index (χ0n) is 15.9. The molecule has 1 N–H and O–H groups in total. The van der Waals surface area contributed by atoms with Gasteiger partial charge >= 0.3 is 0 Å². The van der Waals surface area contributed by atoms with Crippen LogP contribution < -0.4 is 10.1 Å². The van der Waals surface area contributed by atoms with E-state index in [1.54, 1.807) is 18.0 Å². The van der Waals surface area contributed by atoms with Crippen molar-refractivity contribution < 1.29 is 9.53 Å². The van der Waals surface area contributed by atoms with Crippen LogP contribution in [-0.4, -0.2) is 47.3 Å². The molecule has 1 aliphatic heterocycles. The van der Waals surface area contributed by atoms with Gasteiger partial charge in [-0.05, 0) is 50.6 Å². The highest BCUT2D eigenvalue weighted by Crippen LogP contribution is 2.26. The summed E-state index contributed by atoms with van der Waals surface area (Å²) in [5.74, 6) is 0.785. The fourth-order valence-electron chi connectivity index (χ4n) is 3.52. The molecule has 0 saturated carbocycles. The van der Waals surface area contributed by atoms with E-state index in [0.717, 1.165) is 24.5 Å². The Morgan fingerprint density at radius 1 is 1.23 bits per heavy atom. The van der Waals surface area contributed by atoms with Gasteiger partial charge in [-0.15, -0.1) is 0 Å². The number of carbonyl (C=O) groups is 1. The third-order valence-corrected chi connectivity index (χ3v) is 5.27. The van der Waals surface area contributed by atoms with Crippen molar-refractivity contribution in [2.45, 2.75) is 32.2 Å². The first-order valence-corrected chi connectivity index (χ1v) is 9.25. The number of hydrogen-bond donors (Lipinski definition) is 1. The maximum absolute atomic E-state index is 12.6. The van der Waals surface area contributed by atoms with Crippen LogP contribution in [0, 0.1) is 6.92 Å². The van der Waals surface area contributed by atoms with Gasteiger partial charge in [-0.2, -0.15) is 5.10 Å². The Bertz CT molecular complexity index is 733. The minimum atomic E-state index is -0.0638. The van der Waals surface area contributed by atoms with Crippen LogP contribution in [0.4, 0.5) is 0 Å². The molecule has 2 heterocycles. The summed E-state index contributed by atoms with van der Waals surface area (Å²) in [7, 11) is 3.52. The first-order chi connectivity index (χ1) is 12.6. The number of aromatic nitrogens is 2. The van der Waals surface area contributed by atoms with Crippen LogP contribution in [0.3, 0.4) is 0 Å². The molecule has 0 bridgehead atoms. The molecule has 1 aromatic carbocycles. The molecule has 6 heteroatoms. The summed E-state index contributed by atoms with van der Waals surface area (Å²) in [5, 5.41) is 7.28. The minimum absolute atomic E-state index is 0.0638. The van der Waals surface area contributed by atoms with Gasteiger partial charge in [0.1, 0.15) is 5.75 Å². The molecule has 0 radical (unpaired) electrons. The molecule has 1 aromatic heterocycles. The van der Waals surface area contributed by atoms with E-state index in [1.165, 1.54) is 24.8 Å². The van der Waals surface area contributed by atoms with Crippen molar-refractivity contribution in [3.8, 4) is 5.75 Å². The predicted octanol–water partition coefficient (Wildman–Crippen LogP) is 2.69. The quantitative estimate of drug-likeness (QED) is 0.865. The monoisotopic (exact) mass is 356 g/mol. The van der Waals surface area contributed by atoms with Crippen LogP contribution >= 0.6 is 0 Å². The summed E-state index contributed by atoms with van der Waals surface area (Å²) in [5.41, 5.74) is 2.72. The molecule has 0 aliphatic carbocycles. The smallest absolute Gasteiger partial charge is 0.254 e. The molecule has 6 nitrogen and oxygen atoms in total. The Kier molecular flexibility index (Phi) is 5.93.